The van der Waals surface area contributed by atoms with E-state index < -0.39 is 0 Å². The number of aromatic nitrogens is 2. The van der Waals surface area contributed by atoms with Gasteiger partial charge in [-0.15, -0.1) is 0 Å². The van der Waals surface area contributed by atoms with Crippen molar-refractivity contribution in [1.82, 2.24) is 9.97 Å². The van der Waals surface area contributed by atoms with Crippen molar-refractivity contribution < 1.29 is 9.47 Å². The number of rotatable bonds is 8. The molecule has 0 spiro atoms. The molecule has 1 aromatic rings. The molecule has 0 unspecified atom stereocenters. The molecule has 1 saturated carbocycles. The van der Waals surface area contributed by atoms with Gasteiger partial charge in [-0.25, -0.2) is 9.97 Å². The van der Waals surface area contributed by atoms with Crippen LogP contribution in [0.1, 0.15) is 38.3 Å². The first-order valence-corrected chi connectivity index (χ1v) is 6.62. The highest BCUT2D eigenvalue weighted by atomic mass is 16.7. The molecule has 1 fully saturated rings. The van der Waals surface area contributed by atoms with Crippen LogP contribution in [-0.4, -0.2) is 36.0 Å². The molecule has 0 atom stereocenters. The van der Waals surface area contributed by atoms with Gasteiger partial charge in [0, 0.05) is 30.9 Å². The highest BCUT2D eigenvalue weighted by molar-refractivity contribution is 5.36. The van der Waals surface area contributed by atoms with E-state index in [0.29, 0.717) is 25.7 Å². The first kappa shape index (κ1) is 13.2. The second-order valence-corrected chi connectivity index (χ2v) is 4.32. The maximum Gasteiger partial charge on any atom is 0.174 e. The summed E-state index contributed by atoms with van der Waals surface area (Å²) in [6.07, 6.45) is 3.89. The van der Waals surface area contributed by atoms with Crippen molar-refractivity contribution in [2.75, 3.05) is 25.1 Å². The van der Waals surface area contributed by atoms with E-state index in [-0.39, 0.29) is 6.29 Å². The van der Waals surface area contributed by atoms with Gasteiger partial charge in [0.05, 0.1) is 6.54 Å². The van der Waals surface area contributed by atoms with Crippen LogP contribution in [0.15, 0.2) is 12.4 Å². The standard InChI is InChI=1S/C13H21N3O2/c1-3-17-13(18-4-2)8-14-12-7-11(10-5-6-10)15-9-16-12/h7,9-10,13H,3-6,8H2,1-2H3,(H,14,15,16). The van der Waals surface area contributed by atoms with Crippen molar-refractivity contribution in [3.63, 3.8) is 0 Å². The van der Waals surface area contributed by atoms with Gasteiger partial charge >= 0.3 is 0 Å². The molecule has 1 aliphatic carbocycles. The van der Waals surface area contributed by atoms with E-state index in [1.54, 1.807) is 6.33 Å². The molecule has 18 heavy (non-hydrogen) atoms. The Morgan fingerprint density at radius 1 is 1.28 bits per heavy atom. The zero-order valence-corrected chi connectivity index (χ0v) is 11.1. The Kier molecular flexibility index (Phi) is 4.90. The lowest BCUT2D eigenvalue weighted by molar-refractivity contribution is -0.126. The molecule has 2 rings (SSSR count). The Morgan fingerprint density at radius 3 is 2.61 bits per heavy atom. The van der Waals surface area contributed by atoms with Crippen LogP contribution in [0.5, 0.6) is 0 Å². The Bertz CT molecular complexity index is 363. The summed E-state index contributed by atoms with van der Waals surface area (Å²) in [7, 11) is 0. The monoisotopic (exact) mass is 251 g/mol. The lowest BCUT2D eigenvalue weighted by Crippen LogP contribution is -2.26. The smallest absolute Gasteiger partial charge is 0.174 e. The van der Waals surface area contributed by atoms with E-state index >= 15 is 0 Å². The Morgan fingerprint density at radius 2 is 2.00 bits per heavy atom. The summed E-state index contributed by atoms with van der Waals surface area (Å²) in [5.41, 5.74) is 1.14. The van der Waals surface area contributed by atoms with Crippen LogP contribution in [0.2, 0.25) is 0 Å². The molecule has 1 aliphatic rings. The molecule has 0 aromatic carbocycles. The minimum Gasteiger partial charge on any atom is -0.365 e. The quantitative estimate of drug-likeness (QED) is 0.718. The van der Waals surface area contributed by atoms with E-state index in [9.17, 15) is 0 Å². The predicted octanol–water partition coefficient (Wildman–Crippen LogP) is 2.17. The molecule has 5 heteroatoms. The zero-order valence-electron chi connectivity index (χ0n) is 11.1. The normalized spacial score (nSPS) is 15.1. The molecule has 5 nitrogen and oxygen atoms in total. The molecule has 0 bridgehead atoms. The van der Waals surface area contributed by atoms with Crippen LogP contribution < -0.4 is 5.32 Å². The molecule has 0 amide bonds. The fraction of sp³-hybridized carbons (Fsp3) is 0.692. The van der Waals surface area contributed by atoms with Crippen LogP contribution in [0, 0.1) is 0 Å². The Hall–Kier alpha value is -1.20. The highest BCUT2D eigenvalue weighted by Crippen LogP contribution is 2.39. The Balaban J connectivity index is 1.85. The molecule has 0 saturated heterocycles. The minimum absolute atomic E-state index is 0.223. The molecule has 1 aromatic heterocycles. The molecular formula is C13H21N3O2. The van der Waals surface area contributed by atoms with E-state index in [1.807, 2.05) is 19.9 Å². The van der Waals surface area contributed by atoms with E-state index in [2.05, 4.69) is 15.3 Å². The van der Waals surface area contributed by atoms with E-state index in [0.717, 1.165) is 11.5 Å². The van der Waals surface area contributed by atoms with E-state index in [4.69, 9.17) is 9.47 Å². The summed E-state index contributed by atoms with van der Waals surface area (Å²) in [5, 5.41) is 3.24. The summed E-state index contributed by atoms with van der Waals surface area (Å²) < 4.78 is 10.9. The van der Waals surface area contributed by atoms with Gasteiger partial charge in [-0.3, -0.25) is 0 Å². The van der Waals surface area contributed by atoms with Crippen LogP contribution in [-0.2, 0) is 9.47 Å². The Labute approximate surface area is 108 Å². The van der Waals surface area contributed by atoms with Gasteiger partial charge in [-0.05, 0) is 26.7 Å². The minimum atomic E-state index is -0.223. The van der Waals surface area contributed by atoms with Gasteiger partial charge in [0.25, 0.3) is 0 Å². The summed E-state index contributed by atoms with van der Waals surface area (Å²) in [6, 6.07) is 2.02. The molecule has 0 aliphatic heterocycles. The molecule has 100 valence electrons. The average Bonchev–Trinajstić information content (AvgIpc) is 3.21. The first-order valence-electron chi connectivity index (χ1n) is 6.62. The van der Waals surface area contributed by atoms with Crippen LogP contribution in [0.4, 0.5) is 5.82 Å². The third-order valence-electron chi connectivity index (χ3n) is 2.84. The largest absolute Gasteiger partial charge is 0.365 e. The van der Waals surface area contributed by atoms with Crippen LogP contribution in [0.3, 0.4) is 0 Å². The van der Waals surface area contributed by atoms with Crippen LogP contribution in [0.25, 0.3) is 0 Å². The lowest BCUT2D eigenvalue weighted by atomic mass is 10.3. The number of anilines is 1. The second kappa shape index (κ2) is 6.66. The van der Waals surface area contributed by atoms with Crippen LogP contribution >= 0.6 is 0 Å². The van der Waals surface area contributed by atoms with Gasteiger partial charge in [0.2, 0.25) is 0 Å². The third-order valence-corrected chi connectivity index (χ3v) is 2.84. The summed E-state index contributed by atoms with van der Waals surface area (Å²) in [4.78, 5) is 8.50. The zero-order chi connectivity index (χ0) is 12.8. The maximum atomic E-state index is 5.47. The second-order valence-electron chi connectivity index (χ2n) is 4.32. The SMILES string of the molecule is CCOC(CNc1cc(C2CC2)ncn1)OCC. The third kappa shape index (κ3) is 3.92. The van der Waals surface area contributed by atoms with Gasteiger partial charge in [-0.1, -0.05) is 0 Å². The van der Waals surface area contributed by atoms with Gasteiger partial charge in [-0.2, -0.15) is 0 Å². The summed E-state index contributed by atoms with van der Waals surface area (Å²) in [6.45, 7) is 5.81. The average molecular weight is 251 g/mol. The number of hydrogen-bond donors (Lipinski definition) is 1. The highest BCUT2D eigenvalue weighted by Gasteiger charge is 2.25. The van der Waals surface area contributed by atoms with Crippen molar-refractivity contribution in [3.8, 4) is 0 Å². The van der Waals surface area contributed by atoms with Crippen molar-refractivity contribution in [2.45, 2.75) is 38.9 Å². The fourth-order valence-electron chi connectivity index (χ4n) is 1.80. The van der Waals surface area contributed by atoms with Crippen molar-refractivity contribution in [3.05, 3.63) is 18.1 Å². The molecule has 1 heterocycles. The number of nitrogens with one attached hydrogen (secondary N) is 1. The number of hydrogen-bond acceptors (Lipinski definition) is 5. The van der Waals surface area contributed by atoms with Gasteiger partial charge in [0.1, 0.15) is 12.1 Å². The van der Waals surface area contributed by atoms with Gasteiger partial charge in [0.15, 0.2) is 6.29 Å². The van der Waals surface area contributed by atoms with Gasteiger partial charge < -0.3 is 14.8 Å². The van der Waals surface area contributed by atoms with Crippen molar-refractivity contribution in [1.29, 1.82) is 0 Å². The molecule has 0 radical (unpaired) electrons. The van der Waals surface area contributed by atoms with Crippen molar-refractivity contribution in [2.24, 2.45) is 0 Å². The maximum absolute atomic E-state index is 5.47. The van der Waals surface area contributed by atoms with Crippen molar-refractivity contribution >= 4 is 5.82 Å². The number of ether oxygens (including phenoxy) is 2. The lowest BCUT2D eigenvalue weighted by Gasteiger charge is -2.17. The summed E-state index contributed by atoms with van der Waals surface area (Å²) in [5.74, 6) is 1.49. The first-order chi connectivity index (χ1) is 8.83. The molecule has 1 N–H and O–H groups in total. The molecular weight excluding hydrogens is 230 g/mol. The fourth-order valence-corrected chi connectivity index (χ4v) is 1.80. The number of nitrogens with zero attached hydrogens (tertiary/aromatic N) is 2. The van der Waals surface area contributed by atoms with E-state index in [1.165, 1.54) is 12.8 Å². The topological polar surface area (TPSA) is 56.3 Å². The summed E-state index contributed by atoms with van der Waals surface area (Å²) >= 11 is 0. The predicted molar refractivity (Wildman–Crippen MR) is 69.5 cm³/mol.